The van der Waals surface area contributed by atoms with Crippen molar-refractivity contribution in [3.05, 3.63) is 51.8 Å². The number of aromatic nitrogens is 3. The van der Waals surface area contributed by atoms with Crippen molar-refractivity contribution in [1.82, 2.24) is 24.8 Å². The second kappa shape index (κ2) is 24.1. The summed E-state index contributed by atoms with van der Waals surface area (Å²) in [6.07, 6.45) is -5.17. The van der Waals surface area contributed by atoms with E-state index in [4.69, 9.17) is 28.5 Å². The number of hydrogen-bond acceptors (Lipinski definition) is 19. The minimum Gasteiger partial charge on any atom is -0.459 e. The second-order valence-electron chi connectivity index (χ2n) is 20.6. The van der Waals surface area contributed by atoms with Crippen LogP contribution in [0.25, 0.3) is 0 Å². The Morgan fingerprint density at radius 1 is 0.929 bits per heavy atom. The number of oxime groups is 1. The van der Waals surface area contributed by atoms with Gasteiger partial charge < -0.3 is 58.7 Å². The lowest BCUT2D eigenvalue weighted by atomic mass is 9.74. The molecule has 3 fully saturated rings. The van der Waals surface area contributed by atoms with Gasteiger partial charge in [0.25, 0.3) is 12.0 Å². The SMILES string of the molecule is CC[C@H]1OC(=O)[C@H](C)C(=O)[C@H](C)[C@@H](O[C@@H]2O[C@H](C)C[C@H](N(C)CCc3cn(CCc4ccc([N+](=O)[O-])cc4)nn3)[C@H]2O)[C@](C)(OC)C[C@@H](C)C(=NO[C@H]2O[C@H](C)C[C@H](N(C)C)[C@H]2O)[C@H](C)[C@@H](O)[C@]1(C)O. The minimum absolute atomic E-state index is 0.0307. The smallest absolute Gasteiger partial charge is 0.316 e. The van der Waals surface area contributed by atoms with Crippen molar-refractivity contribution in [3.63, 3.8) is 0 Å². The van der Waals surface area contributed by atoms with Crippen LogP contribution in [0.1, 0.15) is 99.3 Å². The van der Waals surface area contributed by atoms with Gasteiger partial charge in [0.15, 0.2) is 12.1 Å². The highest BCUT2D eigenvalue weighted by molar-refractivity contribution is 6.00. The number of methoxy groups -OCH3 is 1. The first kappa shape index (κ1) is 56.9. The van der Waals surface area contributed by atoms with Gasteiger partial charge in [-0.05, 0) is 93.4 Å². The van der Waals surface area contributed by atoms with Crippen molar-refractivity contribution in [2.45, 2.75) is 186 Å². The molecule has 0 amide bonds. The fourth-order valence-corrected chi connectivity index (χ4v) is 10.3. The Morgan fingerprint density at radius 2 is 1.54 bits per heavy atom. The van der Waals surface area contributed by atoms with E-state index in [0.29, 0.717) is 38.8 Å². The first-order valence-corrected chi connectivity index (χ1v) is 24.6. The lowest BCUT2D eigenvalue weighted by Gasteiger charge is -2.47. The van der Waals surface area contributed by atoms with Crippen LogP contribution in [-0.4, -0.2) is 181 Å². The number of aryl methyl sites for hydroxylation is 2. The number of aliphatic hydroxyl groups excluding tert-OH is 3. The number of cyclic esters (lactones) is 1. The molecule has 3 saturated heterocycles. The van der Waals surface area contributed by atoms with Crippen molar-refractivity contribution < 1.29 is 63.5 Å². The molecule has 0 spiro atoms. The van der Waals surface area contributed by atoms with Gasteiger partial charge in [-0.2, -0.15) is 0 Å². The highest BCUT2D eigenvalue weighted by Gasteiger charge is 2.52. The average Bonchev–Trinajstić information content (AvgIpc) is 3.78. The quantitative estimate of drug-likeness (QED) is 0.0863. The van der Waals surface area contributed by atoms with E-state index in [9.17, 15) is 40.1 Å². The standard InChI is InChI=1S/C49H79N7O14/c1-14-38-49(9,62)43(60)30(5)39(51-70-47-41(58)36(53(10)11)23-28(3)67-47)27(2)25-48(8,65-13)44(31(6)40(57)32(7)45(61)68-38)69-46-42(59)37(24-29(4)66-46)54(12)21-20-34-26-55(52-50-34)22-19-33-15-17-35(18-16-33)56(63)64/h15-18,26-32,36-38,41-44,46-47,58-60,62H,14,19-25H2,1-13H3/t27-,28-,29-,30+,31+,32-,36+,37+,38-,41-,42-,43-,44-,46+,47-,48-,49-/m1/s1. The van der Waals surface area contributed by atoms with Crippen LogP contribution in [0.2, 0.25) is 0 Å². The number of Topliss-reactive ketones (excluding diaryl/α,β-unsaturated/α-hetero) is 1. The Hall–Kier alpha value is -4.03. The molecule has 4 heterocycles. The highest BCUT2D eigenvalue weighted by atomic mass is 16.8. The van der Waals surface area contributed by atoms with E-state index in [0.717, 1.165) is 11.3 Å². The Morgan fingerprint density at radius 3 is 2.14 bits per heavy atom. The number of hydrogen-bond donors (Lipinski definition) is 4. The van der Waals surface area contributed by atoms with Gasteiger partial charge in [0.1, 0.15) is 29.8 Å². The molecule has 21 nitrogen and oxygen atoms in total. The van der Waals surface area contributed by atoms with Crippen LogP contribution in [0.15, 0.2) is 35.6 Å². The molecule has 0 aliphatic carbocycles. The van der Waals surface area contributed by atoms with Gasteiger partial charge in [-0.1, -0.05) is 50.2 Å². The zero-order valence-electron chi connectivity index (χ0n) is 43.2. The number of carbonyl (C=O) groups is 2. The lowest BCUT2D eigenvalue weighted by molar-refractivity contribution is -0.384. The molecule has 4 N–H and O–H groups in total. The Balaban J connectivity index is 1.41. The summed E-state index contributed by atoms with van der Waals surface area (Å²) in [6, 6.07) is 5.65. The number of aliphatic hydroxyl groups is 4. The topological polar surface area (TPSA) is 263 Å². The number of non-ortho nitro benzene ring substituents is 1. The zero-order chi connectivity index (χ0) is 52.0. The number of rotatable bonds is 15. The van der Waals surface area contributed by atoms with Gasteiger partial charge in [-0.25, -0.2) is 0 Å². The molecule has 17 atom stereocenters. The van der Waals surface area contributed by atoms with E-state index in [1.54, 1.807) is 44.5 Å². The van der Waals surface area contributed by atoms with Crippen LogP contribution in [0.4, 0.5) is 5.69 Å². The molecular weight excluding hydrogens is 911 g/mol. The number of benzene rings is 1. The zero-order valence-corrected chi connectivity index (χ0v) is 43.2. The van der Waals surface area contributed by atoms with E-state index < -0.39 is 107 Å². The maximum absolute atomic E-state index is 14.5. The predicted molar refractivity (Wildman–Crippen MR) is 256 cm³/mol. The number of nitrogens with zero attached hydrogens (tertiary/aromatic N) is 7. The first-order chi connectivity index (χ1) is 32.8. The van der Waals surface area contributed by atoms with E-state index in [1.807, 2.05) is 57.9 Å². The van der Waals surface area contributed by atoms with Gasteiger partial charge >= 0.3 is 5.97 Å². The van der Waals surface area contributed by atoms with E-state index in [2.05, 4.69) is 15.5 Å². The largest absolute Gasteiger partial charge is 0.459 e. The molecule has 3 aliphatic rings. The molecular formula is C49H79N7O14. The Bertz CT molecular complexity index is 2070. The highest BCUT2D eigenvalue weighted by Crippen LogP contribution is 2.39. The normalized spacial score (nSPS) is 37.9. The minimum atomic E-state index is -2.02. The summed E-state index contributed by atoms with van der Waals surface area (Å²) in [7, 11) is 7.07. The average molecular weight is 990 g/mol. The molecule has 2 aromatic rings. The van der Waals surface area contributed by atoms with Gasteiger partial charge in [0.2, 0.25) is 0 Å². The van der Waals surface area contributed by atoms with Crippen molar-refractivity contribution in [2.24, 2.45) is 28.8 Å². The van der Waals surface area contributed by atoms with E-state index >= 15 is 0 Å². The summed E-state index contributed by atoms with van der Waals surface area (Å²) in [4.78, 5) is 48.9. The molecule has 0 bridgehead atoms. The fraction of sp³-hybridized carbons (Fsp3) is 0.776. The molecule has 1 aromatic heterocycles. The lowest BCUT2D eigenvalue weighted by Crippen LogP contribution is -2.60. The van der Waals surface area contributed by atoms with Gasteiger partial charge in [-0.15, -0.1) is 5.10 Å². The van der Waals surface area contributed by atoms with Crippen LogP contribution < -0.4 is 0 Å². The molecule has 394 valence electrons. The molecule has 70 heavy (non-hydrogen) atoms. The van der Waals surface area contributed by atoms with Gasteiger partial charge in [0.05, 0.1) is 46.3 Å². The molecule has 0 radical (unpaired) electrons. The number of likely N-dealkylation sites (N-methyl/N-ethyl adjacent to an activating group) is 2. The van der Waals surface area contributed by atoms with Crippen molar-refractivity contribution in [3.8, 4) is 0 Å². The number of nitro groups is 1. The predicted octanol–water partition coefficient (Wildman–Crippen LogP) is 3.31. The Labute approximate surface area is 411 Å². The molecule has 0 unspecified atom stereocenters. The van der Waals surface area contributed by atoms with Crippen LogP contribution in [0, 0.1) is 33.8 Å². The summed E-state index contributed by atoms with van der Waals surface area (Å²) in [5, 5.41) is 71.6. The molecule has 21 heteroatoms. The summed E-state index contributed by atoms with van der Waals surface area (Å²) in [5.41, 5.74) is -1.42. The summed E-state index contributed by atoms with van der Waals surface area (Å²) < 4.78 is 33.1. The van der Waals surface area contributed by atoms with Crippen LogP contribution in [0.3, 0.4) is 0 Å². The van der Waals surface area contributed by atoms with Crippen LogP contribution in [0.5, 0.6) is 0 Å². The maximum Gasteiger partial charge on any atom is 0.316 e. The van der Waals surface area contributed by atoms with Crippen molar-refractivity contribution in [2.75, 3.05) is 34.8 Å². The Kier molecular flexibility index (Phi) is 19.6. The van der Waals surface area contributed by atoms with E-state index in [1.165, 1.54) is 33.1 Å². The molecule has 1 aromatic carbocycles. The number of ether oxygens (including phenoxy) is 5. The number of carbonyl (C=O) groups excluding carboxylic acids is 2. The second-order valence-corrected chi connectivity index (χ2v) is 20.6. The van der Waals surface area contributed by atoms with Gasteiger partial charge in [0, 0.05) is 74.8 Å². The number of ketones is 1. The number of nitro benzene ring substituents is 1. The van der Waals surface area contributed by atoms with Gasteiger partial charge in [-0.3, -0.25) is 24.4 Å². The summed E-state index contributed by atoms with van der Waals surface area (Å²) in [6.45, 7) is 16.2. The van der Waals surface area contributed by atoms with Crippen LogP contribution >= 0.6 is 0 Å². The monoisotopic (exact) mass is 990 g/mol. The summed E-state index contributed by atoms with van der Waals surface area (Å²) >= 11 is 0. The van der Waals surface area contributed by atoms with Crippen LogP contribution in [-0.2, 0) is 57.5 Å². The van der Waals surface area contributed by atoms with Crippen molar-refractivity contribution in [1.29, 1.82) is 0 Å². The fourth-order valence-electron chi connectivity index (χ4n) is 10.3. The third kappa shape index (κ3) is 13.3. The summed E-state index contributed by atoms with van der Waals surface area (Å²) in [5.74, 6) is -5.37. The third-order valence-corrected chi connectivity index (χ3v) is 14.9. The molecule has 3 aliphatic heterocycles. The number of esters is 1. The molecule has 5 rings (SSSR count). The van der Waals surface area contributed by atoms with Crippen molar-refractivity contribution >= 4 is 23.2 Å². The van der Waals surface area contributed by atoms with E-state index in [-0.39, 0.29) is 36.4 Å². The first-order valence-electron chi connectivity index (χ1n) is 24.6. The third-order valence-electron chi connectivity index (χ3n) is 14.9. The molecule has 0 saturated carbocycles. The maximum atomic E-state index is 14.5.